The second kappa shape index (κ2) is 8.09. The number of nitrogens with two attached hydrogens (primary N) is 1. The van der Waals surface area contributed by atoms with Crippen molar-refractivity contribution in [2.45, 2.75) is 31.8 Å². The summed E-state index contributed by atoms with van der Waals surface area (Å²) >= 11 is 0. The van der Waals surface area contributed by atoms with Gasteiger partial charge in [-0.05, 0) is 49.5 Å². The summed E-state index contributed by atoms with van der Waals surface area (Å²) < 4.78 is 0. The number of benzene rings is 1. The number of allylic oxidation sites excluding steroid dienone is 1. The van der Waals surface area contributed by atoms with Crippen molar-refractivity contribution < 1.29 is 39.6 Å². The Morgan fingerprint density at radius 1 is 1.17 bits per heavy atom. The molecule has 10 nitrogen and oxygen atoms in total. The lowest BCUT2D eigenvalue weighted by Crippen LogP contribution is -2.58. The van der Waals surface area contributed by atoms with Gasteiger partial charge in [-0.15, -0.1) is 0 Å². The monoisotopic (exact) mass is 482 g/mol. The first-order chi connectivity index (χ1) is 16.3. The number of rotatable bonds is 4. The van der Waals surface area contributed by atoms with E-state index in [1.165, 1.54) is 19.1 Å². The van der Waals surface area contributed by atoms with Crippen LogP contribution in [0.25, 0.3) is 11.8 Å². The van der Waals surface area contributed by atoms with E-state index in [4.69, 9.17) is 5.73 Å². The fourth-order valence-corrected chi connectivity index (χ4v) is 5.42. The number of carbonyl (C=O) groups excluding carboxylic acids is 4. The minimum absolute atomic E-state index is 0.0217. The van der Waals surface area contributed by atoms with Gasteiger partial charge in [-0.25, -0.2) is 0 Å². The highest BCUT2D eigenvalue weighted by Crippen LogP contribution is 2.53. The highest BCUT2D eigenvalue weighted by atomic mass is 16.3. The first kappa shape index (κ1) is 24.2. The molecule has 0 aromatic heterocycles. The minimum Gasteiger partial charge on any atom is -0.508 e. The molecule has 184 valence electrons. The predicted octanol–water partition coefficient (Wildman–Crippen LogP) is 1.09. The van der Waals surface area contributed by atoms with E-state index in [2.05, 4.69) is 0 Å². The van der Waals surface area contributed by atoms with Crippen LogP contribution in [0, 0.1) is 11.8 Å². The Kier molecular flexibility index (Phi) is 5.60. The summed E-state index contributed by atoms with van der Waals surface area (Å²) in [5, 5.41) is 44.2. The number of aliphatic hydroxyl groups excluding tert-OH is 2. The lowest BCUT2D eigenvalue weighted by Gasteiger charge is -2.46. The van der Waals surface area contributed by atoms with Gasteiger partial charge in [0.2, 0.25) is 5.78 Å². The number of phenols is 1. The smallest absolute Gasteiger partial charge is 0.255 e. The topological polar surface area (TPSA) is 178 Å². The molecule has 1 aromatic carbocycles. The van der Waals surface area contributed by atoms with Crippen molar-refractivity contribution in [3.05, 3.63) is 45.7 Å². The number of phenolic OH excluding ortho intramolecular Hbond substituents is 1. The third-order valence-electron chi connectivity index (χ3n) is 7.05. The second-order valence-corrected chi connectivity index (χ2v) is 9.43. The van der Waals surface area contributed by atoms with Gasteiger partial charge in [0.15, 0.2) is 17.2 Å². The molecule has 10 heteroatoms. The van der Waals surface area contributed by atoms with Gasteiger partial charge in [-0.1, -0.05) is 0 Å². The van der Waals surface area contributed by atoms with Crippen LogP contribution in [0.5, 0.6) is 5.75 Å². The maximum absolute atomic E-state index is 13.6. The van der Waals surface area contributed by atoms with E-state index in [1.54, 1.807) is 25.1 Å². The molecule has 3 aliphatic rings. The van der Waals surface area contributed by atoms with Crippen LogP contribution < -0.4 is 10.6 Å². The quantitative estimate of drug-likeness (QED) is 0.310. The first-order valence-corrected chi connectivity index (χ1v) is 11.0. The van der Waals surface area contributed by atoms with Gasteiger partial charge in [0.25, 0.3) is 5.91 Å². The summed E-state index contributed by atoms with van der Waals surface area (Å²) in [5.41, 5.74) is 2.94. The van der Waals surface area contributed by atoms with E-state index in [9.17, 15) is 39.6 Å². The Hall–Kier alpha value is -3.92. The van der Waals surface area contributed by atoms with Crippen LogP contribution in [0.2, 0.25) is 0 Å². The maximum atomic E-state index is 13.6. The van der Waals surface area contributed by atoms with Crippen molar-refractivity contribution in [2.75, 3.05) is 19.0 Å². The Labute approximate surface area is 200 Å². The number of primary amides is 1. The molecular weight excluding hydrogens is 456 g/mol. The van der Waals surface area contributed by atoms with E-state index in [0.717, 1.165) is 0 Å². The van der Waals surface area contributed by atoms with Crippen molar-refractivity contribution in [2.24, 2.45) is 17.6 Å². The molecule has 0 bridgehead atoms. The number of amides is 1. The molecule has 0 saturated heterocycles. The molecule has 1 aromatic rings. The van der Waals surface area contributed by atoms with Crippen LogP contribution in [0.1, 0.15) is 36.5 Å². The molecular formula is C25H26N2O8. The van der Waals surface area contributed by atoms with Gasteiger partial charge in [-0.3, -0.25) is 19.2 Å². The zero-order chi connectivity index (χ0) is 26.0. The van der Waals surface area contributed by atoms with Crippen LogP contribution in [0.3, 0.4) is 0 Å². The number of aliphatic hydroxyl groups is 3. The van der Waals surface area contributed by atoms with E-state index >= 15 is 0 Å². The molecule has 6 N–H and O–H groups in total. The number of aromatic hydroxyl groups is 1. The SMILES string of the molecule is CC(=O)/C=C/c1cc(N(C)C)c2c(c1O)C(O)=C1C(=O)C3(O)C(O)=C(C(N)=O)C(=O)CC3CC1C2. The van der Waals surface area contributed by atoms with Gasteiger partial charge in [0.05, 0.1) is 5.56 Å². The molecule has 0 spiro atoms. The molecule has 0 radical (unpaired) electrons. The van der Waals surface area contributed by atoms with Crippen molar-refractivity contribution in [1.29, 1.82) is 0 Å². The summed E-state index contributed by atoms with van der Waals surface area (Å²) in [6.07, 6.45) is 2.53. The molecule has 3 aliphatic carbocycles. The highest BCUT2D eigenvalue weighted by molar-refractivity contribution is 6.22. The third-order valence-corrected chi connectivity index (χ3v) is 7.05. The molecule has 0 aliphatic heterocycles. The van der Waals surface area contributed by atoms with Crippen molar-refractivity contribution in [3.63, 3.8) is 0 Å². The summed E-state index contributed by atoms with van der Waals surface area (Å²) in [6, 6.07) is 1.66. The number of hydrogen-bond donors (Lipinski definition) is 5. The zero-order valence-corrected chi connectivity index (χ0v) is 19.5. The Morgan fingerprint density at radius 2 is 1.83 bits per heavy atom. The van der Waals surface area contributed by atoms with Crippen molar-refractivity contribution >= 4 is 40.8 Å². The number of fused-ring (bicyclic) bond motifs is 3. The van der Waals surface area contributed by atoms with Gasteiger partial charge < -0.3 is 31.1 Å². The highest BCUT2D eigenvalue weighted by Gasteiger charge is 2.60. The molecule has 1 fully saturated rings. The van der Waals surface area contributed by atoms with Crippen molar-refractivity contribution in [1.82, 2.24) is 0 Å². The predicted molar refractivity (Wildman–Crippen MR) is 125 cm³/mol. The van der Waals surface area contributed by atoms with Crippen LogP contribution in [-0.2, 0) is 25.6 Å². The minimum atomic E-state index is -2.61. The average molecular weight is 482 g/mol. The zero-order valence-electron chi connectivity index (χ0n) is 19.5. The van der Waals surface area contributed by atoms with E-state index in [0.29, 0.717) is 11.3 Å². The number of anilines is 1. The van der Waals surface area contributed by atoms with Gasteiger partial charge in [-0.2, -0.15) is 0 Å². The molecule has 1 saturated carbocycles. The van der Waals surface area contributed by atoms with Crippen LogP contribution in [0.15, 0.2) is 29.0 Å². The number of carbonyl (C=O) groups is 4. The Bertz CT molecular complexity index is 1300. The first-order valence-electron chi connectivity index (χ1n) is 11.0. The molecule has 3 unspecified atom stereocenters. The standard InChI is InChI=1S/C25H26N2O8/c1-10(28)4-5-11-8-15(27(2)3)14-7-12-6-13-9-16(29)19(24(26)34)23(33)25(13,35)22(32)17(12)21(31)18(14)20(11)30/h4-5,8,12-13,30-31,33,35H,6-7,9H2,1-3H3,(H2,26,34)/b5-4+. The lowest BCUT2D eigenvalue weighted by molar-refractivity contribution is -0.147. The largest absolute Gasteiger partial charge is 0.508 e. The van der Waals surface area contributed by atoms with Crippen LogP contribution in [-0.4, -0.2) is 63.4 Å². The fraction of sp³-hybridized carbons (Fsp3) is 0.360. The molecule has 4 rings (SSSR count). The lowest BCUT2D eigenvalue weighted by atomic mass is 9.59. The summed E-state index contributed by atoms with van der Waals surface area (Å²) in [6.45, 7) is 1.34. The van der Waals surface area contributed by atoms with Gasteiger partial charge in [0, 0.05) is 43.3 Å². The third kappa shape index (κ3) is 3.44. The van der Waals surface area contributed by atoms with Crippen LogP contribution in [0.4, 0.5) is 5.69 Å². The molecule has 1 amide bonds. The molecule has 35 heavy (non-hydrogen) atoms. The summed E-state index contributed by atoms with van der Waals surface area (Å²) in [4.78, 5) is 50.9. The van der Waals surface area contributed by atoms with Gasteiger partial charge >= 0.3 is 0 Å². The van der Waals surface area contributed by atoms with E-state index in [-0.39, 0.29) is 47.5 Å². The van der Waals surface area contributed by atoms with E-state index in [1.807, 2.05) is 0 Å². The normalized spacial score (nSPS) is 25.9. The second-order valence-electron chi connectivity index (χ2n) is 9.43. The number of nitrogens with zero attached hydrogens (tertiary/aromatic N) is 1. The van der Waals surface area contributed by atoms with E-state index < -0.39 is 52.0 Å². The Morgan fingerprint density at radius 3 is 2.40 bits per heavy atom. The molecule has 0 heterocycles. The Balaban J connectivity index is 1.97. The fourth-order valence-electron chi connectivity index (χ4n) is 5.42. The van der Waals surface area contributed by atoms with Gasteiger partial charge in [0.1, 0.15) is 22.8 Å². The number of Topliss-reactive ketones (excluding diaryl/α,β-unsaturated/α-hetero) is 2. The van der Waals surface area contributed by atoms with Crippen LogP contribution >= 0.6 is 0 Å². The van der Waals surface area contributed by atoms with Crippen molar-refractivity contribution in [3.8, 4) is 5.75 Å². The molecule has 3 atom stereocenters. The maximum Gasteiger partial charge on any atom is 0.255 e. The summed E-state index contributed by atoms with van der Waals surface area (Å²) in [5.74, 6) is -7.03. The number of ketones is 3. The summed E-state index contributed by atoms with van der Waals surface area (Å²) in [7, 11) is 3.53. The number of hydrogen-bond acceptors (Lipinski definition) is 9. The average Bonchev–Trinajstić information content (AvgIpc) is 2.75.